The van der Waals surface area contributed by atoms with Gasteiger partial charge < -0.3 is 15.0 Å². The van der Waals surface area contributed by atoms with Crippen LogP contribution in [0.3, 0.4) is 0 Å². The highest BCUT2D eigenvalue weighted by Gasteiger charge is 2.35. The number of carbonyl (C=O) groups is 1. The third-order valence-electron chi connectivity index (χ3n) is 6.68. The summed E-state index contributed by atoms with van der Waals surface area (Å²) in [6.45, 7) is 4.03. The van der Waals surface area contributed by atoms with Crippen LogP contribution in [0.4, 0.5) is 23.7 Å². The fourth-order valence-corrected chi connectivity index (χ4v) is 4.72. The summed E-state index contributed by atoms with van der Waals surface area (Å²) in [6.07, 6.45) is -2.97. The van der Waals surface area contributed by atoms with Crippen LogP contribution in [-0.4, -0.2) is 34.1 Å². The highest BCUT2D eigenvalue weighted by atomic mass is 19.4. The number of ether oxygens (including phenoxy) is 1. The summed E-state index contributed by atoms with van der Waals surface area (Å²) in [4.78, 5) is 33.9. The van der Waals surface area contributed by atoms with E-state index in [2.05, 4.69) is 5.32 Å². The lowest BCUT2D eigenvalue weighted by atomic mass is 10.1. The Morgan fingerprint density at radius 2 is 1.70 bits per heavy atom. The van der Waals surface area contributed by atoms with Crippen LogP contribution in [-0.2, 0) is 6.18 Å². The molecule has 0 aliphatic heterocycles. The fourth-order valence-electron chi connectivity index (χ4n) is 4.72. The third kappa shape index (κ3) is 5.80. The molecule has 0 aliphatic rings. The molecule has 0 fully saturated rings. The topological polar surface area (TPSA) is 76.5 Å². The van der Waals surface area contributed by atoms with E-state index in [0.717, 1.165) is 12.5 Å². The Morgan fingerprint density at radius 3 is 2.40 bits per heavy atom. The number of halogens is 3. The van der Waals surface area contributed by atoms with Crippen LogP contribution in [0, 0.1) is 0 Å². The van der Waals surface area contributed by atoms with Crippen molar-refractivity contribution >= 4 is 22.6 Å². The first kappa shape index (κ1) is 28.7. The lowest BCUT2D eigenvalue weighted by Gasteiger charge is -2.33. The Bertz CT molecular complexity index is 1550. The van der Waals surface area contributed by atoms with E-state index >= 15 is 0 Å². The molecule has 1 atom stereocenters. The molecular formula is C30H31F3N4O3. The Balaban J connectivity index is 1.89. The van der Waals surface area contributed by atoms with E-state index in [4.69, 9.17) is 9.72 Å². The van der Waals surface area contributed by atoms with Crippen LogP contribution in [0.15, 0.2) is 77.6 Å². The quantitative estimate of drug-likeness (QED) is 0.238. The van der Waals surface area contributed by atoms with Crippen molar-refractivity contribution in [2.24, 2.45) is 0 Å². The predicted molar refractivity (Wildman–Crippen MR) is 149 cm³/mol. The van der Waals surface area contributed by atoms with Gasteiger partial charge in [-0.2, -0.15) is 13.2 Å². The minimum Gasteiger partial charge on any atom is -0.495 e. The number of rotatable bonds is 9. The van der Waals surface area contributed by atoms with Gasteiger partial charge in [-0.3, -0.25) is 9.36 Å². The fraction of sp³-hybridized carbons (Fsp3) is 0.300. The molecule has 0 saturated carbocycles. The highest BCUT2D eigenvalue weighted by Crippen LogP contribution is 2.35. The molecule has 210 valence electrons. The van der Waals surface area contributed by atoms with Crippen molar-refractivity contribution in [3.8, 4) is 11.4 Å². The SMILES string of the molecule is CCCCN(C(=O)Nc1ccccc1C(F)(F)F)C(CC)c1nc2ccccc2c(=O)n1-c1ccccc1OC. The number of anilines is 1. The molecule has 7 nitrogen and oxygen atoms in total. The van der Waals surface area contributed by atoms with Crippen molar-refractivity contribution in [1.82, 2.24) is 14.5 Å². The molecule has 0 radical (unpaired) electrons. The van der Waals surface area contributed by atoms with Gasteiger partial charge in [-0.25, -0.2) is 9.78 Å². The summed E-state index contributed by atoms with van der Waals surface area (Å²) in [7, 11) is 1.49. The van der Waals surface area contributed by atoms with Gasteiger partial charge in [0.25, 0.3) is 5.56 Å². The van der Waals surface area contributed by atoms with Gasteiger partial charge in [0.2, 0.25) is 0 Å². The number of para-hydroxylation sites is 4. The first-order chi connectivity index (χ1) is 19.2. The number of nitrogens with one attached hydrogen (secondary N) is 1. The summed E-state index contributed by atoms with van der Waals surface area (Å²) in [5, 5.41) is 2.86. The average molecular weight is 553 g/mol. The number of fused-ring (bicyclic) bond motifs is 1. The van der Waals surface area contributed by atoms with Gasteiger partial charge >= 0.3 is 12.2 Å². The van der Waals surface area contributed by atoms with Gasteiger partial charge in [-0.1, -0.05) is 56.7 Å². The molecule has 0 saturated heterocycles. The van der Waals surface area contributed by atoms with E-state index in [1.54, 1.807) is 48.5 Å². The van der Waals surface area contributed by atoms with Gasteiger partial charge in [0.05, 0.1) is 41.0 Å². The van der Waals surface area contributed by atoms with Crippen molar-refractivity contribution in [2.45, 2.75) is 45.3 Å². The molecule has 1 unspecified atom stereocenters. The number of amides is 2. The van der Waals surface area contributed by atoms with Gasteiger partial charge in [-0.15, -0.1) is 0 Å². The number of alkyl halides is 3. The number of benzene rings is 3. The van der Waals surface area contributed by atoms with Crippen LogP contribution < -0.4 is 15.6 Å². The van der Waals surface area contributed by atoms with Crippen molar-refractivity contribution in [2.75, 3.05) is 19.0 Å². The normalized spacial score (nSPS) is 12.2. The second kappa shape index (κ2) is 12.2. The van der Waals surface area contributed by atoms with Crippen LogP contribution in [0.2, 0.25) is 0 Å². The second-order valence-electron chi connectivity index (χ2n) is 9.24. The number of aromatic nitrogens is 2. The van der Waals surface area contributed by atoms with Gasteiger partial charge in [0.15, 0.2) is 0 Å². The van der Waals surface area contributed by atoms with Crippen LogP contribution >= 0.6 is 0 Å². The standard InChI is InChI=1S/C30H31F3N4O3/c1-4-6-19-36(29(39)35-23-16-10-8-14-21(23)30(31,32)33)24(5-2)27-34-22-15-9-7-13-20(22)28(38)37(27)25-17-11-12-18-26(25)40-3/h7-18,24H,4-6,19H2,1-3H3,(H,35,39). The first-order valence-corrected chi connectivity index (χ1v) is 13.1. The maximum atomic E-state index is 13.9. The number of nitrogens with zero attached hydrogens (tertiary/aromatic N) is 3. The largest absolute Gasteiger partial charge is 0.495 e. The monoisotopic (exact) mass is 552 g/mol. The average Bonchev–Trinajstić information content (AvgIpc) is 2.95. The molecule has 3 aromatic carbocycles. The van der Waals surface area contributed by atoms with Crippen molar-refractivity contribution in [3.63, 3.8) is 0 Å². The van der Waals surface area contributed by atoms with E-state index in [9.17, 15) is 22.8 Å². The number of methoxy groups -OCH3 is 1. The second-order valence-corrected chi connectivity index (χ2v) is 9.24. The molecule has 4 rings (SSSR count). The number of urea groups is 1. The van der Waals surface area contributed by atoms with Gasteiger partial charge in [0, 0.05) is 6.54 Å². The molecule has 0 spiro atoms. The van der Waals surface area contributed by atoms with E-state index in [0.29, 0.717) is 35.2 Å². The molecule has 1 N–H and O–H groups in total. The predicted octanol–water partition coefficient (Wildman–Crippen LogP) is 7.20. The van der Waals surface area contributed by atoms with Gasteiger partial charge in [0.1, 0.15) is 11.6 Å². The Morgan fingerprint density at radius 1 is 1.02 bits per heavy atom. The molecule has 40 heavy (non-hydrogen) atoms. The zero-order chi connectivity index (χ0) is 28.9. The van der Waals surface area contributed by atoms with E-state index in [1.165, 1.54) is 34.8 Å². The summed E-state index contributed by atoms with van der Waals surface area (Å²) in [5.41, 5.74) is -0.737. The third-order valence-corrected chi connectivity index (χ3v) is 6.68. The molecule has 10 heteroatoms. The van der Waals surface area contributed by atoms with Crippen molar-refractivity contribution < 1.29 is 22.7 Å². The zero-order valence-corrected chi connectivity index (χ0v) is 22.5. The van der Waals surface area contributed by atoms with Crippen molar-refractivity contribution in [1.29, 1.82) is 0 Å². The smallest absolute Gasteiger partial charge is 0.418 e. The first-order valence-electron chi connectivity index (χ1n) is 13.1. The highest BCUT2D eigenvalue weighted by molar-refractivity contribution is 5.90. The number of hydrogen-bond acceptors (Lipinski definition) is 4. The molecule has 1 heterocycles. The molecule has 0 bridgehead atoms. The minimum atomic E-state index is -4.65. The number of unbranched alkanes of at least 4 members (excludes halogenated alkanes) is 1. The molecule has 4 aromatic rings. The lowest BCUT2D eigenvalue weighted by Crippen LogP contribution is -2.41. The maximum absolute atomic E-state index is 13.9. The summed E-state index contributed by atoms with van der Waals surface area (Å²) in [5.74, 6) is 0.715. The van der Waals surface area contributed by atoms with Crippen LogP contribution in [0.5, 0.6) is 5.75 Å². The molecular weight excluding hydrogens is 521 g/mol. The summed E-state index contributed by atoms with van der Waals surface area (Å²) in [6, 6.07) is 17.3. The summed E-state index contributed by atoms with van der Waals surface area (Å²) >= 11 is 0. The molecule has 2 amide bonds. The van der Waals surface area contributed by atoms with E-state index < -0.39 is 23.8 Å². The lowest BCUT2D eigenvalue weighted by molar-refractivity contribution is -0.136. The molecule has 0 aliphatic carbocycles. The maximum Gasteiger partial charge on any atom is 0.418 e. The van der Waals surface area contributed by atoms with E-state index in [1.807, 2.05) is 13.8 Å². The van der Waals surface area contributed by atoms with Crippen LogP contribution in [0.25, 0.3) is 16.6 Å². The minimum absolute atomic E-state index is 0.240. The molecule has 1 aromatic heterocycles. The van der Waals surface area contributed by atoms with Crippen molar-refractivity contribution in [3.05, 3.63) is 94.5 Å². The summed E-state index contributed by atoms with van der Waals surface area (Å²) < 4.78 is 48.0. The van der Waals surface area contributed by atoms with Crippen LogP contribution in [0.1, 0.15) is 50.5 Å². The zero-order valence-electron chi connectivity index (χ0n) is 22.5. The number of carbonyl (C=O) groups excluding carboxylic acids is 1. The Kier molecular flexibility index (Phi) is 8.77. The van der Waals surface area contributed by atoms with Gasteiger partial charge in [-0.05, 0) is 49.2 Å². The Hall–Kier alpha value is -4.34. The Labute approximate surface area is 230 Å². The van der Waals surface area contributed by atoms with E-state index in [-0.39, 0.29) is 23.6 Å². The number of hydrogen-bond donors (Lipinski definition) is 1.